The average Bonchev–Trinajstić information content (AvgIpc) is 3.40. The zero-order valence-corrected chi connectivity index (χ0v) is 22.0. The van der Waals surface area contributed by atoms with E-state index in [0.717, 1.165) is 57.6 Å². The smallest absolute Gasteiger partial charge is 0.175 e. The van der Waals surface area contributed by atoms with Crippen molar-refractivity contribution in [1.82, 2.24) is 14.5 Å². The SMILES string of the molecule is COCCCn1c(C)cc(C(=O)CSc2nc(-c3ccc(C)cc3)c(-c3ccc(C)cc3)[nH]2)c1C. The minimum atomic E-state index is 0.117. The number of rotatable bonds is 10. The number of thioether (sulfide) groups is 1. The molecule has 0 bridgehead atoms. The van der Waals surface area contributed by atoms with Gasteiger partial charge in [-0.3, -0.25) is 4.79 Å². The topological polar surface area (TPSA) is 59.9 Å². The largest absolute Gasteiger partial charge is 0.385 e. The fourth-order valence-electron chi connectivity index (χ4n) is 4.28. The van der Waals surface area contributed by atoms with Crippen molar-refractivity contribution in [3.63, 3.8) is 0 Å². The first-order valence-corrected chi connectivity index (χ1v) is 12.9. The summed E-state index contributed by atoms with van der Waals surface area (Å²) in [6.45, 7) is 9.80. The van der Waals surface area contributed by atoms with Crippen LogP contribution in [0, 0.1) is 27.7 Å². The molecule has 0 amide bonds. The van der Waals surface area contributed by atoms with Gasteiger partial charge in [-0.15, -0.1) is 0 Å². The van der Waals surface area contributed by atoms with E-state index in [1.165, 1.54) is 22.9 Å². The first kappa shape index (κ1) is 25.0. The van der Waals surface area contributed by atoms with Gasteiger partial charge < -0.3 is 14.3 Å². The molecule has 2 aromatic heterocycles. The highest BCUT2D eigenvalue weighted by molar-refractivity contribution is 7.99. The summed E-state index contributed by atoms with van der Waals surface area (Å²) in [4.78, 5) is 21.5. The third-order valence-electron chi connectivity index (χ3n) is 6.29. The van der Waals surface area contributed by atoms with Gasteiger partial charge in [0, 0.05) is 48.3 Å². The molecule has 0 aliphatic carbocycles. The Bertz CT molecular complexity index is 1240. The normalized spacial score (nSPS) is 11.2. The number of nitrogens with one attached hydrogen (secondary N) is 1. The summed E-state index contributed by atoms with van der Waals surface area (Å²) in [7, 11) is 1.71. The van der Waals surface area contributed by atoms with E-state index in [9.17, 15) is 4.79 Å². The van der Waals surface area contributed by atoms with Crippen molar-refractivity contribution in [2.24, 2.45) is 0 Å². The van der Waals surface area contributed by atoms with E-state index in [2.05, 4.69) is 78.9 Å². The highest BCUT2D eigenvalue weighted by Crippen LogP contribution is 2.33. The van der Waals surface area contributed by atoms with Crippen LogP contribution in [0.15, 0.2) is 59.8 Å². The lowest BCUT2D eigenvalue weighted by molar-refractivity contribution is 0.102. The van der Waals surface area contributed by atoms with E-state index < -0.39 is 0 Å². The van der Waals surface area contributed by atoms with Crippen molar-refractivity contribution in [3.05, 3.63) is 82.7 Å². The maximum Gasteiger partial charge on any atom is 0.175 e. The van der Waals surface area contributed by atoms with Gasteiger partial charge in [0.2, 0.25) is 0 Å². The predicted octanol–water partition coefficient (Wildman–Crippen LogP) is 6.79. The number of Topliss-reactive ketones (excluding diaryl/α,β-unsaturated/α-hetero) is 1. The Kier molecular flexibility index (Phi) is 7.93. The summed E-state index contributed by atoms with van der Waals surface area (Å²) < 4.78 is 7.38. The Hall–Kier alpha value is -3.09. The number of aromatic amines is 1. The van der Waals surface area contributed by atoms with E-state index in [1.54, 1.807) is 7.11 Å². The Labute approximate surface area is 211 Å². The molecule has 0 saturated heterocycles. The number of ketones is 1. The highest BCUT2D eigenvalue weighted by Gasteiger charge is 2.19. The van der Waals surface area contributed by atoms with Crippen LogP contribution in [0.25, 0.3) is 22.5 Å². The first-order valence-electron chi connectivity index (χ1n) is 11.9. The first-order chi connectivity index (χ1) is 16.9. The number of aromatic nitrogens is 3. The average molecular weight is 488 g/mol. The molecule has 35 heavy (non-hydrogen) atoms. The van der Waals surface area contributed by atoms with Crippen LogP contribution in [0.1, 0.15) is 39.3 Å². The Morgan fingerprint density at radius 3 is 2.23 bits per heavy atom. The van der Waals surface area contributed by atoms with Gasteiger partial charge in [-0.2, -0.15) is 0 Å². The second kappa shape index (κ2) is 11.1. The van der Waals surface area contributed by atoms with Crippen LogP contribution in [0.5, 0.6) is 0 Å². The van der Waals surface area contributed by atoms with Crippen molar-refractivity contribution < 1.29 is 9.53 Å². The van der Waals surface area contributed by atoms with Crippen molar-refractivity contribution >= 4 is 17.5 Å². The number of hydrogen-bond donors (Lipinski definition) is 1. The minimum absolute atomic E-state index is 0.117. The molecule has 2 heterocycles. The van der Waals surface area contributed by atoms with Gasteiger partial charge >= 0.3 is 0 Å². The van der Waals surface area contributed by atoms with Crippen molar-refractivity contribution in [2.75, 3.05) is 19.5 Å². The summed E-state index contributed by atoms with van der Waals surface area (Å²) >= 11 is 1.45. The fourth-order valence-corrected chi connectivity index (χ4v) is 5.03. The second-order valence-electron chi connectivity index (χ2n) is 8.99. The molecule has 1 N–H and O–H groups in total. The van der Waals surface area contributed by atoms with Crippen LogP contribution in [0.2, 0.25) is 0 Å². The molecule has 182 valence electrons. The molecule has 5 nitrogen and oxygen atoms in total. The van der Waals surface area contributed by atoms with Crippen LogP contribution in [-0.2, 0) is 11.3 Å². The molecular formula is C29H33N3O2S. The van der Waals surface area contributed by atoms with E-state index >= 15 is 0 Å². The fraction of sp³-hybridized carbons (Fsp3) is 0.310. The van der Waals surface area contributed by atoms with Gasteiger partial charge in [0.25, 0.3) is 0 Å². The lowest BCUT2D eigenvalue weighted by atomic mass is 10.0. The highest BCUT2D eigenvalue weighted by atomic mass is 32.2. The number of nitrogens with zero attached hydrogens (tertiary/aromatic N) is 2. The third-order valence-corrected chi connectivity index (χ3v) is 7.16. The van der Waals surface area contributed by atoms with Gasteiger partial charge in [-0.05, 0) is 40.2 Å². The van der Waals surface area contributed by atoms with E-state index in [4.69, 9.17) is 9.72 Å². The number of hydrogen-bond acceptors (Lipinski definition) is 4. The summed E-state index contributed by atoms with van der Waals surface area (Å²) in [6, 6.07) is 18.8. The standard InChI is InChI=1S/C29H33N3O2S/c1-19-7-11-23(12-8-19)27-28(24-13-9-20(2)10-14-24)31-29(30-27)35-18-26(33)25-17-21(3)32(22(25)4)15-6-16-34-5/h7-14,17H,6,15-16,18H2,1-5H3,(H,30,31). The number of imidazole rings is 1. The predicted molar refractivity (Wildman–Crippen MR) is 144 cm³/mol. The zero-order chi connectivity index (χ0) is 24.9. The molecule has 0 spiro atoms. The van der Waals surface area contributed by atoms with Crippen molar-refractivity contribution in [3.8, 4) is 22.5 Å². The van der Waals surface area contributed by atoms with Gasteiger partial charge in [0.1, 0.15) is 0 Å². The summed E-state index contributed by atoms with van der Waals surface area (Å²) in [5.41, 5.74) is 9.34. The van der Waals surface area contributed by atoms with Crippen LogP contribution in [-0.4, -0.2) is 39.8 Å². The molecule has 0 radical (unpaired) electrons. The molecule has 0 saturated carbocycles. The molecule has 0 atom stereocenters. The number of carbonyl (C=O) groups is 1. The molecule has 6 heteroatoms. The van der Waals surface area contributed by atoms with Crippen molar-refractivity contribution in [2.45, 2.75) is 45.8 Å². The van der Waals surface area contributed by atoms with E-state index in [-0.39, 0.29) is 5.78 Å². The maximum absolute atomic E-state index is 13.1. The molecule has 0 aliphatic rings. The Morgan fingerprint density at radius 1 is 0.971 bits per heavy atom. The Morgan fingerprint density at radius 2 is 1.60 bits per heavy atom. The van der Waals surface area contributed by atoms with Gasteiger partial charge in [-0.1, -0.05) is 71.4 Å². The summed E-state index contributed by atoms with van der Waals surface area (Å²) in [5, 5.41) is 0.749. The van der Waals surface area contributed by atoms with Crippen LogP contribution in [0.4, 0.5) is 0 Å². The van der Waals surface area contributed by atoms with Crippen molar-refractivity contribution in [1.29, 1.82) is 0 Å². The molecule has 0 aliphatic heterocycles. The van der Waals surface area contributed by atoms with Gasteiger partial charge in [0.15, 0.2) is 10.9 Å². The molecule has 2 aromatic carbocycles. The van der Waals surface area contributed by atoms with Gasteiger partial charge in [0.05, 0.1) is 17.1 Å². The van der Waals surface area contributed by atoms with Crippen LogP contribution in [0.3, 0.4) is 0 Å². The summed E-state index contributed by atoms with van der Waals surface area (Å²) in [6.07, 6.45) is 0.922. The molecule has 0 unspecified atom stereocenters. The molecule has 0 fully saturated rings. The maximum atomic E-state index is 13.1. The molecular weight excluding hydrogens is 454 g/mol. The Balaban J connectivity index is 1.56. The number of H-pyrrole nitrogens is 1. The number of ether oxygens (including phenoxy) is 1. The molecule has 4 aromatic rings. The van der Waals surface area contributed by atoms with E-state index in [1.807, 2.05) is 13.0 Å². The quantitative estimate of drug-likeness (QED) is 0.152. The number of aryl methyl sites for hydroxylation is 3. The van der Waals surface area contributed by atoms with E-state index in [0.29, 0.717) is 12.4 Å². The lowest BCUT2D eigenvalue weighted by Gasteiger charge is -2.09. The third kappa shape index (κ3) is 5.77. The number of methoxy groups -OCH3 is 1. The lowest BCUT2D eigenvalue weighted by Crippen LogP contribution is -2.08. The van der Waals surface area contributed by atoms with Gasteiger partial charge in [-0.25, -0.2) is 4.98 Å². The number of benzene rings is 2. The van der Waals surface area contributed by atoms with Crippen LogP contribution < -0.4 is 0 Å². The monoisotopic (exact) mass is 487 g/mol. The minimum Gasteiger partial charge on any atom is -0.385 e. The summed E-state index contributed by atoms with van der Waals surface area (Å²) in [5.74, 6) is 0.447. The zero-order valence-electron chi connectivity index (χ0n) is 21.1. The number of carbonyl (C=O) groups excluding carboxylic acids is 1. The van der Waals surface area contributed by atoms with Crippen LogP contribution >= 0.6 is 11.8 Å². The molecule has 4 rings (SSSR count). The second-order valence-corrected chi connectivity index (χ2v) is 9.96.